The van der Waals surface area contributed by atoms with E-state index in [0.717, 1.165) is 23.7 Å². The molecule has 232 valence electrons. The van der Waals surface area contributed by atoms with Crippen LogP contribution in [0.15, 0.2) is 60.9 Å². The largest absolute Gasteiger partial charge is 0.478 e. The van der Waals surface area contributed by atoms with Gasteiger partial charge in [-0.05, 0) is 55.7 Å². The van der Waals surface area contributed by atoms with Crippen molar-refractivity contribution in [3.63, 3.8) is 0 Å². The van der Waals surface area contributed by atoms with Gasteiger partial charge < -0.3 is 30.4 Å². The van der Waals surface area contributed by atoms with Crippen molar-refractivity contribution in [2.75, 3.05) is 18.9 Å². The molecule has 3 atom stereocenters. The van der Waals surface area contributed by atoms with Gasteiger partial charge in [0.05, 0.1) is 24.1 Å². The number of carboxylic acids is 1. The lowest BCUT2D eigenvalue weighted by atomic mass is 10.0. The van der Waals surface area contributed by atoms with Gasteiger partial charge in [0.1, 0.15) is 18.0 Å². The first-order valence-corrected chi connectivity index (χ1v) is 13.7. The zero-order valence-corrected chi connectivity index (χ0v) is 24.2. The SMILES string of the molecule is CC.CC1(C)OC2CCOC(CNC(=O)c3ccc(-c4ccc(C(=O)O)cc4)cc3)C2O1.Nc1cncc(C(F)(F)F)n1. The van der Waals surface area contributed by atoms with Crippen LogP contribution in [-0.2, 0) is 20.4 Å². The van der Waals surface area contributed by atoms with Gasteiger partial charge in [0.2, 0.25) is 0 Å². The predicted octanol–water partition coefficient (Wildman–Crippen LogP) is 5.19. The molecule has 3 aromatic rings. The predicted molar refractivity (Wildman–Crippen MR) is 152 cm³/mol. The maximum Gasteiger partial charge on any atom is 0.434 e. The number of nitrogens with zero attached hydrogens (tertiary/aromatic N) is 2. The minimum atomic E-state index is -4.47. The smallest absolute Gasteiger partial charge is 0.434 e. The molecule has 0 bridgehead atoms. The van der Waals surface area contributed by atoms with Crippen LogP contribution >= 0.6 is 0 Å². The molecule has 43 heavy (non-hydrogen) atoms. The second-order valence-electron chi connectivity index (χ2n) is 9.83. The number of alkyl halides is 3. The summed E-state index contributed by atoms with van der Waals surface area (Å²) in [5.41, 5.74) is 6.47. The number of carbonyl (C=O) groups excluding carboxylic acids is 1. The Labute approximate surface area is 247 Å². The van der Waals surface area contributed by atoms with Crippen molar-refractivity contribution in [3.8, 4) is 11.1 Å². The lowest BCUT2D eigenvalue weighted by molar-refractivity contribution is -0.153. The molecule has 13 heteroatoms. The second kappa shape index (κ2) is 14.4. The van der Waals surface area contributed by atoms with Crippen LogP contribution in [0.4, 0.5) is 19.0 Å². The van der Waals surface area contributed by atoms with E-state index in [-0.39, 0.29) is 35.6 Å². The number of hydrogen-bond donors (Lipinski definition) is 3. The van der Waals surface area contributed by atoms with E-state index in [4.69, 9.17) is 25.1 Å². The Hall–Kier alpha value is -4.07. The number of rotatable bonds is 5. The molecule has 2 aliphatic rings. The molecule has 0 saturated carbocycles. The van der Waals surface area contributed by atoms with Gasteiger partial charge in [-0.3, -0.25) is 9.78 Å². The first kappa shape index (κ1) is 33.4. The van der Waals surface area contributed by atoms with Crippen molar-refractivity contribution in [1.29, 1.82) is 0 Å². The van der Waals surface area contributed by atoms with Gasteiger partial charge in [-0.15, -0.1) is 0 Å². The lowest BCUT2D eigenvalue weighted by Gasteiger charge is -2.31. The van der Waals surface area contributed by atoms with E-state index in [1.54, 1.807) is 36.4 Å². The third-order valence-corrected chi connectivity index (χ3v) is 6.34. The summed E-state index contributed by atoms with van der Waals surface area (Å²) in [7, 11) is 0. The maximum atomic E-state index is 12.6. The molecule has 2 aliphatic heterocycles. The van der Waals surface area contributed by atoms with Crippen LogP contribution in [0.2, 0.25) is 0 Å². The van der Waals surface area contributed by atoms with Crippen LogP contribution in [0.25, 0.3) is 11.1 Å². The van der Waals surface area contributed by atoms with Crippen LogP contribution in [0.3, 0.4) is 0 Å². The minimum absolute atomic E-state index is 0.0116. The number of amides is 1. The van der Waals surface area contributed by atoms with E-state index in [1.165, 1.54) is 0 Å². The molecule has 4 N–H and O–H groups in total. The number of ether oxygens (including phenoxy) is 3. The molecule has 1 aromatic heterocycles. The zero-order chi connectivity index (χ0) is 31.8. The van der Waals surface area contributed by atoms with E-state index in [9.17, 15) is 22.8 Å². The second-order valence-corrected chi connectivity index (χ2v) is 9.83. The van der Waals surface area contributed by atoms with Crippen LogP contribution in [0.1, 0.15) is 60.5 Å². The Morgan fingerprint density at radius 3 is 2.09 bits per heavy atom. The number of carboxylic acid groups (broad SMARTS) is 1. The van der Waals surface area contributed by atoms with E-state index in [2.05, 4.69) is 15.3 Å². The molecule has 1 amide bonds. The summed E-state index contributed by atoms with van der Waals surface area (Å²) < 4.78 is 53.1. The summed E-state index contributed by atoms with van der Waals surface area (Å²) in [6, 6.07) is 13.8. The number of aromatic carboxylic acids is 1. The molecule has 5 rings (SSSR count). The fourth-order valence-corrected chi connectivity index (χ4v) is 4.44. The molecule has 0 radical (unpaired) electrons. The van der Waals surface area contributed by atoms with Gasteiger partial charge in [0.15, 0.2) is 11.5 Å². The Balaban J connectivity index is 0.000000327. The standard InChI is InChI=1S/C23H25NO6.C5H4F3N3.C2H6/c1-23(2)29-18-11-12-28-19(20(18)30-23)13-24-21(25)16-7-3-14(4-8-16)15-5-9-17(10-6-15)22(26)27;6-5(7,8)3-1-10-2-4(9)11-3;1-2/h3-10,18-20H,11-13H2,1-2H3,(H,24,25)(H,26,27);1-2H,(H2,9,11);1-2H3. The van der Waals surface area contributed by atoms with Crippen molar-refractivity contribution < 1.29 is 42.1 Å². The summed E-state index contributed by atoms with van der Waals surface area (Å²) in [5.74, 6) is -2.02. The van der Waals surface area contributed by atoms with Gasteiger partial charge in [0.25, 0.3) is 5.91 Å². The Kier molecular flexibility index (Phi) is 11.2. The molecular formula is C30H35F3N4O6. The quantitative estimate of drug-likeness (QED) is 0.358. The van der Waals surface area contributed by atoms with Gasteiger partial charge in [-0.1, -0.05) is 38.1 Å². The topological polar surface area (TPSA) is 146 Å². The molecule has 2 fully saturated rings. The van der Waals surface area contributed by atoms with Crippen molar-refractivity contribution in [2.24, 2.45) is 0 Å². The number of aromatic nitrogens is 2. The zero-order valence-electron chi connectivity index (χ0n) is 24.2. The molecule has 0 aliphatic carbocycles. The third-order valence-electron chi connectivity index (χ3n) is 6.34. The lowest BCUT2D eigenvalue weighted by Crippen LogP contribution is -2.48. The number of hydrogen-bond acceptors (Lipinski definition) is 8. The van der Waals surface area contributed by atoms with E-state index in [0.29, 0.717) is 24.9 Å². The number of halogens is 3. The van der Waals surface area contributed by atoms with Gasteiger partial charge in [-0.2, -0.15) is 13.2 Å². The van der Waals surface area contributed by atoms with Gasteiger partial charge >= 0.3 is 12.1 Å². The summed E-state index contributed by atoms with van der Waals surface area (Å²) >= 11 is 0. The highest BCUT2D eigenvalue weighted by Crippen LogP contribution is 2.35. The first-order valence-electron chi connectivity index (χ1n) is 13.7. The molecule has 3 heterocycles. The molecule has 0 spiro atoms. The molecule has 2 saturated heterocycles. The fourth-order valence-electron chi connectivity index (χ4n) is 4.44. The molecular weight excluding hydrogens is 569 g/mol. The van der Waals surface area contributed by atoms with E-state index >= 15 is 0 Å². The van der Waals surface area contributed by atoms with Crippen LogP contribution < -0.4 is 11.1 Å². The maximum absolute atomic E-state index is 12.6. The van der Waals surface area contributed by atoms with Crippen LogP contribution in [0, 0.1) is 0 Å². The van der Waals surface area contributed by atoms with Crippen LogP contribution in [0.5, 0.6) is 0 Å². The van der Waals surface area contributed by atoms with E-state index in [1.807, 2.05) is 39.8 Å². The number of carbonyl (C=O) groups is 2. The van der Waals surface area contributed by atoms with Crippen molar-refractivity contribution >= 4 is 17.7 Å². The van der Waals surface area contributed by atoms with Gasteiger partial charge in [-0.25, -0.2) is 9.78 Å². The van der Waals surface area contributed by atoms with Crippen LogP contribution in [-0.4, -0.2) is 64.2 Å². The summed E-state index contributed by atoms with van der Waals surface area (Å²) in [6.07, 6.45) is -2.46. The number of nitrogen functional groups attached to an aromatic ring is 1. The highest BCUT2D eigenvalue weighted by Gasteiger charge is 2.47. The fraction of sp³-hybridized carbons (Fsp3) is 0.400. The van der Waals surface area contributed by atoms with E-state index < -0.39 is 23.6 Å². The summed E-state index contributed by atoms with van der Waals surface area (Å²) in [5, 5.41) is 11.9. The highest BCUT2D eigenvalue weighted by atomic mass is 19.4. The number of nitrogens with two attached hydrogens (primary N) is 1. The number of benzene rings is 2. The molecule has 3 unspecified atom stereocenters. The molecule has 2 aromatic carbocycles. The average Bonchev–Trinajstić information content (AvgIpc) is 3.31. The molecule has 10 nitrogen and oxygen atoms in total. The number of fused-ring (bicyclic) bond motifs is 1. The van der Waals surface area contributed by atoms with Gasteiger partial charge in [0, 0.05) is 18.7 Å². The number of nitrogens with one attached hydrogen (secondary N) is 1. The summed E-state index contributed by atoms with van der Waals surface area (Å²) in [6.45, 7) is 8.70. The first-order chi connectivity index (χ1) is 20.3. The van der Waals surface area contributed by atoms with Crippen molar-refractivity contribution in [2.45, 2.75) is 64.4 Å². The monoisotopic (exact) mass is 604 g/mol. The normalized spacial score (nSPS) is 20.4. The Bertz CT molecular complexity index is 1370. The van der Waals surface area contributed by atoms with Crippen molar-refractivity contribution in [3.05, 3.63) is 77.7 Å². The average molecular weight is 605 g/mol. The Morgan fingerprint density at radius 2 is 1.58 bits per heavy atom. The Morgan fingerprint density at radius 1 is 1.00 bits per heavy atom. The van der Waals surface area contributed by atoms with Crippen molar-refractivity contribution in [1.82, 2.24) is 15.3 Å². The third kappa shape index (κ3) is 9.21. The highest BCUT2D eigenvalue weighted by molar-refractivity contribution is 5.94. The number of anilines is 1. The minimum Gasteiger partial charge on any atom is -0.478 e. The summed E-state index contributed by atoms with van der Waals surface area (Å²) in [4.78, 5) is 29.8.